The van der Waals surface area contributed by atoms with Gasteiger partial charge in [-0.05, 0) is 30.5 Å². The molecule has 0 atom stereocenters. The second kappa shape index (κ2) is 7.64. The summed E-state index contributed by atoms with van der Waals surface area (Å²) in [5.74, 6) is 0.865. The average Bonchev–Trinajstić information content (AvgIpc) is 2.91. The third kappa shape index (κ3) is 5.07. The summed E-state index contributed by atoms with van der Waals surface area (Å²) >= 11 is 1.40. The molecular weight excluding hydrogens is 286 g/mol. The van der Waals surface area contributed by atoms with E-state index in [2.05, 4.69) is 10.3 Å². The van der Waals surface area contributed by atoms with E-state index in [4.69, 9.17) is 10.5 Å². The number of hydrogen-bond acceptors (Lipinski definition) is 5. The van der Waals surface area contributed by atoms with Crippen LogP contribution >= 0.6 is 11.3 Å². The summed E-state index contributed by atoms with van der Waals surface area (Å²) in [5, 5.41) is 5.34. The van der Waals surface area contributed by atoms with Crippen molar-refractivity contribution in [2.45, 2.75) is 19.3 Å². The molecule has 1 amide bonds. The number of methoxy groups -OCH3 is 1. The Balaban J connectivity index is 1.69. The fourth-order valence-electron chi connectivity index (χ4n) is 1.94. The van der Waals surface area contributed by atoms with Gasteiger partial charge in [0.05, 0.1) is 12.8 Å². The molecule has 0 bridgehead atoms. The highest BCUT2D eigenvalue weighted by atomic mass is 32.1. The van der Waals surface area contributed by atoms with Gasteiger partial charge in [-0.25, -0.2) is 4.98 Å². The van der Waals surface area contributed by atoms with Crippen molar-refractivity contribution in [1.29, 1.82) is 0 Å². The Bertz CT molecular complexity index is 598. The van der Waals surface area contributed by atoms with Crippen LogP contribution in [0, 0.1) is 0 Å². The molecule has 0 unspecified atom stereocenters. The molecule has 21 heavy (non-hydrogen) atoms. The first-order valence-corrected chi connectivity index (χ1v) is 7.65. The second-order valence-corrected chi connectivity index (χ2v) is 5.52. The Labute approximate surface area is 128 Å². The van der Waals surface area contributed by atoms with Gasteiger partial charge in [0.1, 0.15) is 5.75 Å². The van der Waals surface area contributed by atoms with Crippen molar-refractivity contribution in [3.05, 3.63) is 40.9 Å². The molecule has 0 saturated heterocycles. The SMILES string of the molecule is COc1cccc(CCNC(=O)CCc2csc(N)n2)c1. The number of nitrogens with one attached hydrogen (secondary N) is 1. The van der Waals surface area contributed by atoms with Gasteiger partial charge in [0, 0.05) is 18.3 Å². The average molecular weight is 305 g/mol. The van der Waals surface area contributed by atoms with Crippen molar-refractivity contribution in [2.24, 2.45) is 0 Å². The number of anilines is 1. The van der Waals surface area contributed by atoms with Gasteiger partial charge in [0.2, 0.25) is 5.91 Å². The van der Waals surface area contributed by atoms with Gasteiger partial charge in [-0.3, -0.25) is 4.79 Å². The molecule has 1 heterocycles. The third-order valence-corrected chi connectivity index (χ3v) is 3.77. The van der Waals surface area contributed by atoms with Gasteiger partial charge >= 0.3 is 0 Å². The van der Waals surface area contributed by atoms with Crippen LogP contribution in [-0.2, 0) is 17.6 Å². The molecule has 0 aliphatic rings. The highest BCUT2D eigenvalue weighted by Gasteiger charge is 2.05. The number of thiazole rings is 1. The van der Waals surface area contributed by atoms with Crippen LogP contribution in [0.1, 0.15) is 17.7 Å². The van der Waals surface area contributed by atoms with E-state index in [0.29, 0.717) is 24.5 Å². The van der Waals surface area contributed by atoms with Crippen LogP contribution in [0.5, 0.6) is 5.75 Å². The minimum Gasteiger partial charge on any atom is -0.497 e. The zero-order valence-electron chi connectivity index (χ0n) is 12.0. The number of aryl methyl sites for hydroxylation is 1. The molecular formula is C15H19N3O2S. The monoisotopic (exact) mass is 305 g/mol. The predicted octanol–water partition coefficient (Wildman–Crippen LogP) is 2.03. The fraction of sp³-hybridized carbons (Fsp3) is 0.333. The highest BCUT2D eigenvalue weighted by molar-refractivity contribution is 7.13. The smallest absolute Gasteiger partial charge is 0.220 e. The standard InChI is InChI=1S/C15H19N3O2S/c1-20-13-4-2-3-11(9-13)7-8-17-14(19)6-5-12-10-21-15(16)18-12/h2-4,9-10H,5-8H2,1H3,(H2,16,18)(H,17,19). The van der Waals surface area contributed by atoms with Crippen molar-refractivity contribution in [3.63, 3.8) is 0 Å². The first-order valence-electron chi connectivity index (χ1n) is 6.77. The van der Waals surface area contributed by atoms with Crippen LogP contribution in [0.4, 0.5) is 5.13 Å². The summed E-state index contributed by atoms with van der Waals surface area (Å²) in [6, 6.07) is 7.85. The molecule has 112 valence electrons. The van der Waals surface area contributed by atoms with E-state index in [9.17, 15) is 4.79 Å². The molecule has 0 spiro atoms. The van der Waals surface area contributed by atoms with Crippen molar-refractivity contribution >= 4 is 22.4 Å². The maximum absolute atomic E-state index is 11.7. The Kier molecular flexibility index (Phi) is 5.57. The Morgan fingerprint density at radius 2 is 2.29 bits per heavy atom. The largest absolute Gasteiger partial charge is 0.497 e. The van der Waals surface area contributed by atoms with E-state index in [1.165, 1.54) is 11.3 Å². The zero-order valence-corrected chi connectivity index (χ0v) is 12.8. The van der Waals surface area contributed by atoms with Gasteiger partial charge < -0.3 is 15.8 Å². The normalized spacial score (nSPS) is 10.3. The zero-order chi connectivity index (χ0) is 15.1. The number of rotatable bonds is 7. The fourth-order valence-corrected chi connectivity index (χ4v) is 2.54. The second-order valence-electron chi connectivity index (χ2n) is 4.63. The summed E-state index contributed by atoms with van der Waals surface area (Å²) in [6.07, 6.45) is 1.84. The number of nitrogens with two attached hydrogens (primary N) is 1. The molecule has 2 aromatic rings. The van der Waals surface area contributed by atoms with E-state index in [-0.39, 0.29) is 5.91 Å². The quantitative estimate of drug-likeness (QED) is 0.820. The summed E-state index contributed by atoms with van der Waals surface area (Å²) < 4.78 is 5.17. The first kappa shape index (κ1) is 15.3. The topological polar surface area (TPSA) is 77.2 Å². The molecule has 3 N–H and O–H groups in total. The lowest BCUT2D eigenvalue weighted by Gasteiger charge is -2.06. The van der Waals surface area contributed by atoms with Crippen LogP contribution in [0.3, 0.4) is 0 Å². The van der Waals surface area contributed by atoms with E-state index in [1.807, 2.05) is 29.6 Å². The van der Waals surface area contributed by atoms with Crippen LogP contribution in [0.15, 0.2) is 29.6 Å². The van der Waals surface area contributed by atoms with Crippen molar-refractivity contribution < 1.29 is 9.53 Å². The van der Waals surface area contributed by atoms with Crippen molar-refractivity contribution in [1.82, 2.24) is 10.3 Å². The van der Waals surface area contributed by atoms with E-state index in [0.717, 1.165) is 23.4 Å². The Morgan fingerprint density at radius 3 is 3.00 bits per heavy atom. The van der Waals surface area contributed by atoms with Gasteiger partial charge in [-0.15, -0.1) is 11.3 Å². The van der Waals surface area contributed by atoms with E-state index < -0.39 is 0 Å². The van der Waals surface area contributed by atoms with E-state index in [1.54, 1.807) is 7.11 Å². The molecule has 0 saturated carbocycles. The molecule has 0 fully saturated rings. The molecule has 5 nitrogen and oxygen atoms in total. The van der Waals surface area contributed by atoms with Gasteiger partial charge in [0.15, 0.2) is 5.13 Å². The Morgan fingerprint density at radius 1 is 1.43 bits per heavy atom. The number of hydrogen-bond donors (Lipinski definition) is 2. The number of nitrogen functional groups attached to an aromatic ring is 1. The number of carbonyl (C=O) groups is 1. The number of benzene rings is 1. The van der Waals surface area contributed by atoms with Gasteiger partial charge in [0.25, 0.3) is 0 Å². The number of carbonyl (C=O) groups excluding carboxylic acids is 1. The first-order chi connectivity index (χ1) is 10.2. The summed E-state index contributed by atoms with van der Waals surface area (Å²) in [4.78, 5) is 15.9. The van der Waals surface area contributed by atoms with Crippen molar-refractivity contribution in [2.75, 3.05) is 19.4 Å². The molecule has 1 aromatic carbocycles. The number of nitrogens with zero attached hydrogens (tertiary/aromatic N) is 1. The third-order valence-electron chi connectivity index (χ3n) is 3.05. The van der Waals surface area contributed by atoms with Crippen LogP contribution in [0.25, 0.3) is 0 Å². The van der Waals surface area contributed by atoms with Crippen LogP contribution in [-0.4, -0.2) is 24.5 Å². The minimum atomic E-state index is 0.0319. The van der Waals surface area contributed by atoms with Crippen LogP contribution in [0.2, 0.25) is 0 Å². The van der Waals surface area contributed by atoms with Crippen LogP contribution < -0.4 is 15.8 Å². The predicted molar refractivity (Wildman–Crippen MR) is 84.6 cm³/mol. The highest BCUT2D eigenvalue weighted by Crippen LogP contribution is 2.13. The number of amides is 1. The lowest BCUT2D eigenvalue weighted by molar-refractivity contribution is -0.121. The maximum atomic E-state index is 11.7. The lowest BCUT2D eigenvalue weighted by Crippen LogP contribution is -2.25. The van der Waals surface area contributed by atoms with Gasteiger partial charge in [-0.2, -0.15) is 0 Å². The molecule has 1 aromatic heterocycles. The number of ether oxygens (including phenoxy) is 1. The molecule has 0 aliphatic carbocycles. The number of aromatic nitrogens is 1. The molecule has 0 aliphatic heterocycles. The molecule has 2 rings (SSSR count). The van der Waals surface area contributed by atoms with Crippen molar-refractivity contribution in [3.8, 4) is 5.75 Å². The maximum Gasteiger partial charge on any atom is 0.220 e. The summed E-state index contributed by atoms with van der Waals surface area (Å²) in [6.45, 7) is 0.616. The van der Waals surface area contributed by atoms with Gasteiger partial charge in [-0.1, -0.05) is 12.1 Å². The summed E-state index contributed by atoms with van der Waals surface area (Å²) in [7, 11) is 1.64. The lowest BCUT2D eigenvalue weighted by atomic mass is 10.1. The molecule has 0 radical (unpaired) electrons. The Hall–Kier alpha value is -2.08. The van der Waals surface area contributed by atoms with E-state index >= 15 is 0 Å². The summed E-state index contributed by atoms with van der Waals surface area (Å²) in [5.41, 5.74) is 7.57. The molecule has 6 heteroatoms. The minimum absolute atomic E-state index is 0.0319.